The molecule has 1 aromatic carbocycles. The van der Waals surface area contributed by atoms with Crippen molar-refractivity contribution >= 4 is 11.9 Å². The molecule has 0 unspecified atom stereocenters. The van der Waals surface area contributed by atoms with Crippen molar-refractivity contribution in [3.63, 3.8) is 0 Å². The molecule has 1 saturated heterocycles. The van der Waals surface area contributed by atoms with Crippen LogP contribution in [-0.4, -0.2) is 36.5 Å². The Morgan fingerprint density at radius 1 is 1.25 bits per heavy atom. The summed E-state index contributed by atoms with van der Waals surface area (Å²) in [5, 5.41) is 0. The van der Waals surface area contributed by atoms with Gasteiger partial charge in [-0.3, -0.25) is 4.79 Å². The third kappa shape index (κ3) is 3.00. The van der Waals surface area contributed by atoms with Gasteiger partial charge >= 0.3 is 5.97 Å². The molecule has 0 aliphatic carbocycles. The zero-order valence-corrected chi connectivity index (χ0v) is 12.1. The summed E-state index contributed by atoms with van der Waals surface area (Å²) >= 11 is 0. The van der Waals surface area contributed by atoms with Gasteiger partial charge in [0.1, 0.15) is 6.04 Å². The Balaban J connectivity index is 2.18. The van der Waals surface area contributed by atoms with Crippen molar-refractivity contribution in [2.45, 2.75) is 38.6 Å². The quantitative estimate of drug-likeness (QED) is 0.796. The Morgan fingerprint density at radius 2 is 1.95 bits per heavy atom. The van der Waals surface area contributed by atoms with Crippen LogP contribution in [0.5, 0.6) is 0 Å². The molecule has 2 rings (SSSR count). The average Bonchev–Trinajstić information content (AvgIpc) is 2.53. The highest BCUT2D eigenvalue weighted by Crippen LogP contribution is 2.21. The van der Waals surface area contributed by atoms with Gasteiger partial charge < -0.3 is 9.64 Å². The maximum absolute atomic E-state index is 12.5. The zero-order valence-electron chi connectivity index (χ0n) is 12.1. The molecular formula is C16H21NO3. The smallest absolute Gasteiger partial charge is 0.328 e. The topological polar surface area (TPSA) is 46.6 Å². The van der Waals surface area contributed by atoms with E-state index in [4.69, 9.17) is 4.74 Å². The number of amides is 1. The number of hydrogen-bond acceptors (Lipinski definition) is 3. The lowest BCUT2D eigenvalue weighted by molar-refractivity contribution is -0.147. The van der Waals surface area contributed by atoms with Crippen molar-refractivity contribution in [2.75, 3.05) is 13.7 Å². The Bertz CT molecular complexity index is 481. The fourth-order valence-corrected chi connectivity index (χ4v) is 2.60. The molecule has 1 aromatic rings. The number of nitrogens with zero attached hydrogens (tertiary/aromatic N) is 1. The SMILES string of the molecule is CCc1ccc(C(=O)N2CCCC[C@@H]2C(=O)OC)cc1. The molecular weight excluding hydrogens is 254 g/mol. The number of methoxy groups -OCH3 is 1. The summed E-state index contributed by atoms with van der Waals surface area (Å²) in [4.78, 5) is 26.0. The van der Waals surface area contributed by atoms with E-state index in [1.165, 1.54) is 12.7 Å². The van der Waals surface area contributed by atoms with Crippen molar-refractivity contribution < 1.29 is 14.3 Å². The second kappa shape index (κ2) is 6.55. The first-order valence-corrected chi connectivity index (χ1v) is 7.15. The average molecular weight is 275 g/mol. The summed E-state index contributed by atoms with van der Waals surface area (Å²) < 4.78 is 4.81. The van der Waals surface area contributed by atoms with Gasteiger partial charge in [0.15, 0.2) is 0 Å². The molecule has 20 heavy (non-hydrogen) atoms. The summed E-state index contributed by atoms with van der Waals surface area (Å²) in [6.45, 7) is 2.70. The highest BCUT2D eigenvalue weighted by molar-refractivity contribution is 5.97. The van der Waals surface area contributed by atoms with Crippen molar-refractivity contribution in [1.82, 2.24) is 4.90 Å². The summed E-state index contributed by atoms with van der Waals surface area (Å²) in [6, 6.07) is 7.16. The van der Waals surface area contributed by atoms with Gasteiger partial charge in [-0.25, -0.2) is 4.79 Å². The van der Waals surface area contributed by atoms with Crippen molar-refractivity contribution in [1.29, 1.82) is 0 Å². The first-order valence-electron chi connectivity index (χ1n) is 7.15. The molecule has 0 spiro atoms. The van der Waals surface area contributed by atoms with Crippen LogP contribution in [0, 0.1) is 0 Å². The number of aryl methyl sites for hydroxylation is 1. The predicted molar refractivity (Wildman–Crippen MR) is 76.5 cm³/mol. The summed E-state index contributed by atoms with van der Waals surface area (Å²) in [7, 11) is 1.37. The third-order valence-corrected chi connectivity index (χ3v) is 3.85. The summed E-state index contributed by atoms with van der Waals surface area (Å²) in [5.41, 5.74) is 1.84. The van der Waals surface area contributed by atoms with E-state index < -0.39 is 6.04 Å². The van der Waals surface area contributed by atoms with E-state index in [1.807, 2.05) is 24.3 Å². The molecule has 1 atom stereocenters. The molecule has 0 aromatic heterocycles. The van der Waals surface area contributed by atoms with E-state index in [9.17, 15) is 9.59 Å². The van der Waals surface area contributed by atoms with Gasteiger partial charge in [-0.15, -0.1) is 0 Å². The normalized spacial score (nSPS) is 18.7. The molecule has 1 aliphatic rings. The number of rotatable bonds is 3. The minimum Gasteiger partial charge on any atom is -0.467 e. The number of carbonyl (C=O) groups is 2. The first kappa shape index (κ1) is 14.6. The van der Waals surface area contributed by atoms with E-state index >= 15 is 0 Å². The minimum atomic E-state index is -0.438. The van der Waals surface area contributed by atoms with Crippen LogP contribution in [0.4, 0.5) is 0 Å². The van der Waals surface area contributed by atoms with Crippen LogP contribution in [0.3, 0.4) is 0 Å². The van der Waals surface area contributed by atoms with E-state index in [-0.39, 0.29) is 11.9 Å². The second-order valence-electron chi connectivity index (χ2n) is 5.08. The Hall–Kier alpha value is -1.84. The summed E-state index contributed by atoms with van der Waals surface area (Å²) in [5.74, 6) is -0.397. The van der Waals surface area contributed by atoms with E-state index in [0.29, 0.717) is 18.5 Å². The molecule has 0 N–H and O–H groups in total. The minimum absolute atomic E-state index is 0.0808. The first-order chi connectivity index (χ1) is 9.67. The van der Waals surface area contributed by atoms with Gasteiger partial charge in [0.2, 0.25) is 0 Å². The van der Waals surface area contributed by atoms with Crippen LogP contribution in [0.15, 0.2) is 24.3 Å². The van der Waals surface area contributed by atoms with Crippen LogP contribution in [0.25, 0.3) is 0 Å². The molecule has 1 amide bonds. The lowest BCUT2D eigenvalue weighted by Crippen LogP contribution is -2.48. The van der Waals surface area contributed by atoms with Gasteiger partial charge in [-0.2, -0.15) is 0 Å². The summed E-state index contributed by atoms with van der Waals surface area (Å²) in [6.07, 6.45) is 3.53. The van der Waals surface area contributed by atoms with Crippen LogP contribution >= 0.6 is 0 Å². The lowest BCUT2D eigenvalue weighted by atomic mass is 10.0. The zero-order chi connectivity index (χ0) is 14.5. The predicted octanol–water partition coefficient (Wildman–Crippen LogP) is 2.42. The Morgan fingerprint density at radius 3 is 2.55 bits per heavy atom. The standard InChI is InChI=1S/C16H21NO3/c1-3-12-7-9-13(10-8-12)15(18)17-11-5-4-6-14(17)16(19)20-2/h7-10,14H,3-6,11H2,1-2H3/t14-/m1/s1. The maximum atomic E-state index is 12.5. The molecule has 108 valence electrons. The maximum Gasteiger partial charge on any atom is 0.328 e. The second-order valence-corrected chi connectivity index (χ2v) is 5.08. The molecule has 1 aliphatic heterocycles. The van der Waals surface area contributed by atoms with E-state index in [1.54, 1.807) is 4.90 Å². The van der Waals surface area contributed by atoms with Crippen LogP contribution in [0.2, 0.25) is 0 Å². The number of hydrogen-bond donors (Lipinski definition) is 0. The molecule has 0 saturated carbocycles. The van der Waals surface area contributed by atoms with E-state index in [0.717, 1.165) is 19.3 Å². The van der Waals surface area contributed by atoms with E-state index in [2.05, 4.69) is 6.92 Å². The highest BCUT2D eigenvalue weighted by Gasteiger charge is 2.33. The molecule has 4 nitrogen and oxygen atoms in total. The lowest BCUT2D eigenvalue weighted by Gasteiger charge is -2.33. The number of ether oxygens (including phenoxy) is 1. The Labute approximate surface area is 119 Å². The number of likely N-dealkylation sites (tertiary alicyclic amines) is 1. The highest BCUT2D eigenvalue weighted by atomic mass is 16.5. The number of benzene rings is 1. The van der Waals surface area contributed by atoms with Gasteiger partial charge in [-0.1, -0.05) is 19.1 Å². The number of carbonyl (C=O) groups excluding carboxylic acids is 2. The third-order valence-electron chi connectivity index (χ3n) is 3.85. The molecule has 4 heteroatoms. The van der Waals surface area contributed by atoms with Gasteiger partial charge in [-0.05, 0) is 43.4 Å². The largest absolute Gasteiger partial charge is 0.467 e. The molecule has 0 radical (unpaired) electrons. The van der Waals surface area contributed by atoms with Crippen molar-refractivity contribution in [3.8, 4) is 0 Å². The van der Waals surface area contributed by atoms with Gasteiger partial charge in [0, 0.05) is 12.1 Å². The van der Waals surface area contributed by atoms with Gasteiger partial charge in [0.25, 0.3) is 5.91 Å². The van der Waals surface area contributed by atoms with Crippen LogP contribution in [-0.2, 0) is 16.0 Å². The van der Waals surface area contributed by atoms with Crippen molar-refractivity contribution in [2.24, 2.45) is 0 Å². The molecule has 0 bridgehead atoms. The molecule has 1 fully saturated rings. The Kier molecular flexibility index (Phi) is 4.77. The fraction of sp³-hybridized carbons (Fsp3) is 0.500. The fourth-order valence-electron chi connectivity index (χ4n) is 2.60. The van der Waals surface area contributed by atoms with Crippen LogP contribution in [0.1, 0.15) is 42.1 Å². The molecule has 1 heterocycles. The number of piperidine rings is 1. The van der Waals surface area contributed by atoms with Gasteiger partial charge in [0.05, 0.1) is 7.11 Å². The van der Waals surface area contributed by atoms with Crippen LogP contribution < -0.4 is 0 Å². The van der Waals surface area contributed by atoms with Crippen molar-refractivity contribution in [3.05, 3.63) is 35.4 Å². The number of esters is 1. The monoisotopic (exact) mass is 275 g/mol.